The lowest BCUT2D eigenvalue weighted by atomic mass is 10.1. The molecule has 1 aromatic carbocycles. The summed E-state index contributed by atoms with van der Waals surface area (Å²) >= 11 is 1.71. The first-order valence-corrected chi connectivity index (χ1v) is 7.37. The lowest BCUT2D eigenvalue weighted by Gasteiger charge is -2.11. The van der Waals surface area contributed by atoms with Gasteiger partial charge in [0.1, 0.15) is 0 Å². The van der Waals surface area contributed by atoms with Gasteiger partial charge in [-0.05, 0) is 30.1 Å². The molecular weight excluding hydrogens is 264 g/mol. The average molecular weight is 280 g/mol. The zero-order valence-electron chi connectivity index (χ0n) is 10.8. The Hall–Kier alpha value is -1.69. The first-order valence-electron chi connectivity index (χ1n) is 5.98. The Morgan fingerprint density at radius 3 is 2.89 bits per heavy atom. The van der Waals surface area contributed by atoms with Crippen molar-refractivity contribution < 1.29 is 9.90 Å². The number of rotatable bonds is 5. The van der Waals surface area contributed by atoms with Crippen molar-refractivity contribution in [2.24, 2.45) is 5.92 Å². The third kappa shape index (κ3) is 2.68. The SMILES string of the molecule is CSCC(C)Cn1c(=O)[nH]c2cccc(C(=O)O)c21. The van der Waals surface area contributed by atoms with E-state index in [1.165, 1.54) is 10.6 Å². The normalized spacial score (nSPS) is 12.7. The Labute approximate surface area is 114 Å². The Bertz CT molecular complexity index is 659. The van der Waals surface area contributed by atoms with E-state index in [0.29, 0.717) is 23.5 Å². The molecule has 0 radical (unpaired) electrons. The summed E-state index contributed by atoms with van der Waals surface area (Å²) in [5.41, 5.74) is 0.957. The lowest BCUT2D eigenvalue weighted by molar-refractivity contribution is 0.0698. The number of carboxylic acids is 1. The summed E-state index contributed by atoms with van der Waals surface area (Å²) < 4.78 is 1.53. The molecule has 5 nitrogen and oxygen atoms in total. The van der Waals surface area contributed by atoms with Crippen LogP contribution in [-0.4, -0.2) is 32.6 Å². The molecule has 0 aliphatic heterocycles. The first kappa shape index (κ1) is 13.7. The molecule has 2 N–H and O–H groups in total. The summed E-state index contributed by atoms with van der Waals surface area (Å²) in [6.07, 6.45) is 2.01. The van der Waals surface area contributed by atoms with Crippen molar-refractivity contribution in [1.82, 2.24) is 9.55 Å². The third-order valence-electron chi connectivity index (χ3n) is 2.97. The van der Waals surface area contributed by atoms with Crippen LogP contribution in [0.2, 0.25) is 0 Å². The van der Waals surface area contributed by atoms with Crippen molar-refractivity contribution in [3.63, 3.8) is 0 Å². The topological polar surface area (TPSA) is 75.1 Å². The molecule has 0 saturated heterocycles. The average Bonchev–Trinajstić information content (AvgIpc) is 2.66. The number of hydrogen-bond acceptors (Lipinski definition) is 3. The van der Waals surface area contributed by atoms with Gasteiger partial charge in [-0.2, -0.15) is 11.8 Å². The van der Waals surface area contributed by atoms with Crippen LogP contribution in [0.4, 0.5) is 0 Å². The number of aromatic nitrogens is 2. The number of fused-ring (bicyclic) bond motifs is 1. The number of thioether (sulfide) groups is 1. The van der Waals surface area contributed by atoms with Gasteiger partial charge in [-0.3, -0.25) is 4.57 Å². The standard InChI is InChI=1S/C13H16N2O3S/c1-8(7-19-2)6-15-11-9(12(16)17)4-3-5-10(11)14-13(15)18/h3-5,8H,6-7H2,1-2H3,(H,14,18)(H,16,17). The Balaban J connectivity index is 2.56. The number of nitrogens with zero attached hydrogens (tertiary/aromatic N) is 1. The van der Waals surface area contributed by atoms with E-state index in [1.54, 1.807) is 23.9 Å². The van der Waals surface area contributed by atoms with Crippen molar-refractivity contribution in [3.8, 4) is 0 Å². The molecule has 2 rings (SSSR count). The maximum atomic E-state index is 12.0. The van der Waals surface area contributed by atoms with E-state index in [2.05, 4.69) is 4.98 Å². The molecule has 0 aliphatic rings. The largest absolute Gasteiger partial charge is 0.478 e. The van der Waals surface area contributed by atoms with Gasteiger partial charge < -0.3 is 10.1 Å². The van der Waals surface area contributed by atoms with Gasteiger partial charge >= 0.3 is 11.7 Å². The van der Waals surface area contributed by atoms with Gasteiger partial charge in [0.25, 0.3) is 0 Å². The second-order valence-electron chi connectivity index (χ2n) is 4.61. The number of carboxylic acid groups (broad SMARTS) is 1. The maximum absolute atomic E-state index is 12.0. The number of H-pyrrole nitrogens is 1. The number of aromatic carboxylic acids is 1. The lowest BCUT2D eigenvalue weighted by Crippen LogP contribution is -2.22. The van der Waals surface area contributed by atoms with E-state index in [-0.39, 0.29) is 11.3 Å². The van der Waals surface area contributed by atoms with E-state index in [0.717, 1.165) is 5.75 Å². The molecular formula is C13H16N2O3S. The molecule has 0 amide bonds. The van der Waals surface area contributed by atoms with Crippen molar-refractivity contribution in [3.05, 3.63) is 34.2 Å². The molecule has 1 heterocycles. The molecule has 0 aliphatic carbocycles. The number of para-hydroxylation sites is 1. The fraction of sp³-hybridized carbons (Fsp3) is 0.385. The van der Waals surface area contributed by atoms with Crippen LogP contribution in [0.3, 0.4) is 0 Å². The summed E-state index contributed by atoms with van der Waals surface area (Å²) in [5.74, 6) is 0.207. The molecule has 0 saturated carbocycles. The predicted molar refractivity (Wildman–Crippen MR) is 77.1 cm³/mol. The molecule has 0 bridgehead atoms. The molecule has 0 spiro atoms. The number of nitrogens with one attached hydrogen (secondary N) is 1. The van der Waals surface area contributed by atoms with E-state index < -0.39 is 5.97 Å². The van der Waals surface area contributed by atoms with Crippen molar-refractivity contribution >= 4 is 28.8 Å². The summed E-state index contributed by atoms with van der Waals surface area (Å²) in [6, 6.07) is 4.88. The van der Waals surface area contributed by atoms with Crippen LogP contribution in [0.25, 0.3) is 11.0 Å². The van der Waals surface area contributed by atoms with Crippen LogP contribution < -0.4 is 5.69 Å². The highest BCUT2D eigenvalue weighted by atomic mass is 32.2. The fourth-order valence-corrected chi connectivity index (χ4v) is 2.89. The van der Waals surface area contributed by atoms with Crippen LogP contribution in [0.15, 0.2) is 23.0 Å². The number of benzene rings is 1. The minimum atomic E-state index is -1.02. The fourth-order valence-electron chi connectivity index (χ4n) is 2.22. The summed E-state index contributed by atoms with van der Waals surface area (Å²) in [5, 5.41) is 9.22. The molecule has 0 fully saturated rings. The van der Waals surface area contributed by atoms with E-state index >= 15 is 0 Å². The number of imidazole rings is 1. The third-order valence-corrected chi connectivity index (χ3v) is 3.87. The van der Waals surface area contributed by atoms with Crippen molar-refractivity contribution in [2.45, 2.75) is 13.5 Å². The molecule has 1 aromatic heterocycles. The molecule has 2 aromatic rings. The number of aromatic amines is 1. The van der Waals surface area contributed by atoms with E-state index in [4.69, 9.17) is 0 Å². The maximum Gasteiger partial charge on any atom is 0.337 e. The van der Waals surface area contributed by atoms with Gasteiger partial charge in [0.05, 0.1) is 16.6 Å². The van der Waals surface area contributed by atoms with Crippen LogP contribution in [0, 0.1) is 5.92 Å². The quantitative estimate of drug-likeness (QED) is 0.878. The minimum Gasteiger partial charge on any atom is -0.478 e. The van der Waals surface area contributed by atoms with Crippen LogP contribution >= 0.6 is 11.8 Å². The second kappa shape index (κ2) is 5.52. The Morgan fingerprint density at radius 1 is 1.53 bits per heavy atom. The zero-order chi connectivity index (χ0) is 14.0. The molecule has 19 heavy (non-hydrogen) atoms. The van der Waals surface area contributed by atoms with Gasteiger partial charge in [-0.15, -0.1) is 0 Å². The summed E-state index contributed by atoms with van der Waals surface area (Å²) in [4.78, 5) is 25.9. The van der Waals surface area contributed by atoms with Gasteiger partial charge in [-0.25, -0.2) is 9.59 Å². The van der Waals surface area contributed by atoms with Crippen LogP contribution in [0.5, 0.6) is 0 Å². The number of carbonyl (C=O) groups is 1. The smallest absolute Gasteiger partial charge is 0.337 e. The summed E-state index contributed by atoms with van der Waals surface area (Å²) in [7, 11) is 0. The van der Waals surface area contributed by atoms with Gasteiger partial charge in [0, 0.05) is 6.54 Å². The highest BCUT2D eigenvalue weighted by molar-refractivity contribution is 7.98. The second-order valence-corrected chi connectivity index (χ2v) is 5.52. The monoisotopic (exact) mass is 280 g/mol. The highest BCUT2D eigenvalue weighted by Gasteiger charge is 2.16. The summed E-state index contributed by atoms with van der Waals surface area (Å²) in [6.45, 7) is 2.56. The van der Waals surface area contributed by atoms with Gasteiger partial charge in [0.15, 0.2) is 0 Å². The van der Waals surface area contributed by atoms with Crippen molar-refractivity contribution in [1.29, 1.82) is 0 Å². The minimum absolute atomic E-state index is 0.159. The molecule has 1 atom stereocenters. The first-order chi connectivity index (χ1) is 9.04. The zero-order valence-corrected chi connectivity index (χ0v) is 11.7. The van der Waals surface area contributed by atoms with E-state index in [9.17, 15) is 14.7 Å². The Kier molecular flexibility index (Phi) is 3.99. The van der Waals surface area contributed by atoms with Gasteiger partial charge in [0.2, 0.25) is 0 Å². The molecule has 102 valence electrons. The predicted octanol–water partition coefficient (Wildman–Crippen LogP) is 2.03. The van der Waals surface area contributed by atoms with Crippen molar-refractivity contribution in [2.75, 3.05) is 12.0 Å². The number of hydrogen-bond donors (Lipinski definition) is 2. The van der Waals surface area contributed by atoms with Gasteiger partial charge in [-0.1, -0.05) is 13.0 Å². The Morgan fingerprint density at radius 2 is 2.26 bits per heavy atom. The van der Waals surface area contributed by atoms with Crippen LogP contribution in [-0.2, 0) is 6.54 Å². The highest BCUT2D eigenvalue weighted by Crippen LogP contribution is 2.18. The molecule has 1 unspecified atom stereocenters. The van der Waals surface area contributed by atoms with E-state index in [1.807, 2.05) is 13.2 Å². The molecule has 6 heteroatoms. The van der Waals surface area contributed by atoms with Crippen LogP contribution in [0.1, 0.15) is 17.3 Å².